The molecule has 0 saturated carbocycles. The van der Waals surface area contributed by atoms with Gasteiger partial charge in [-0.2, -0.15) is 0 Å². The molecule has 0 aromatic carbocycles. The quantitative estimate of drug-likeness (QED) is 0.0191. The second kappa shape index (κ2) is 34.4. The SMILES string of the molecule is CCCCCCN(CCCCCC)C(N(CCCCCC)CCCCCC)=[N+](CCCCCC)CCCCCC.F[B-](F)(F)F. The predicted octanol–water partition coefficient (Wildman–Crippen LogP) is 12.7. The van der Waals surface area contributed by atoms with E-state index in [1.807, 2.05) is 0 Å². The van der Waals surface area contributed by atoms with Crippen LogP contribution in [0.15, 0.2) is 0 Å². The van der Waals surface area contributed by atoms with Crippen LogP contribution >= 0.6 is 0 Å². The Morgan fingerprint density at radius 2 is 0.600 bits per heavy atom. The number of hydrogen-bond donors (Lipinski definition) is 0. The summed E-state index contributed by atoms with van der Waals surface area (Å²) in [5, 5.41) is 0. The summed E-state index contributed by atoms with van der Waals surface area (Å²) in [6.45, 7) is 21.6. The summed E-state index contributed by atoms with van der Waals surface area (Å²) in [5.41, 5.74) is 0. The van der Waals surface area contributed by atoms with Gasteiger partial charge in [-0.25, -0.2) is 0 Å². The molecule has 45 heavy (non-hydrogen) atoms. The first kappa shape index (κ1) is 46.2. The molecule has 0 aliphatic rings. The zero-order chi connectivity index (χ0) is 34.0. The van der Waals surface area contributed by atoms with Crippen molar-refractivity contribution in [2.75, 3.05) is 39.3 Å². The fraction of sp³-hybridized carbons (Fsp3) is 0.973. The van der Waals surface area contributed by atoms with Gasteiger partial charge in [0.05, 0.1) is 39.3 Å². The molecule has 272 valence electrons. The van der Waals surface area contributed by atoms with Gasteiger partial charge in [-0.3, -0.25) is 14.4 Å². The molecule has 0 radical (unpaired) electrons. The van der Waals surface area contributed by atoms with Crippen molar-refractivity contribution in [2.45, 2.75) is 196 Å². The Morgan fingerprint density at radius 1 is 0.378 bits per heavy atom. The molecule has 8 heteroatoms. The third kappa shape index (κ3) is 32.8. The van der Waals surface area contributed by atoms with Gasteiger partial charge < -0.3 is 17.3 Å². The lowest BCUT2D eigenvalue weighted by Crippen LogP contribution is -2.51. The maximum absolute atomic E-state index is 9.75. The minimum atomic E-state index is -6.00. The lowest BCUT2D eigenvalue weighted by Gasteiger charge is -2.32. The van der Waals surface area contributed by atoms with Crippen molar-refractivity contribution in [2.24, 2.45) is 0 Å². The molecule has 0 N–H and O–H groups in total. The van der Waals surface area contributed by atoms with Crippen LogP contribution in [0.3, 0.4) is 0 Å². The van der Waals surface area contributed by atoms with Crippen LogP contribution in [0.4, 0.5) is 17.3 Å². The molecule has 0 bridgehead atoms. The van der Waals surface area contributed by atoms with Gasteiger partial charge in [-0.05, 0) is 38.5 Å². The van der Waals surface area contributed by atoms with E-state index in [0.29, 0.717) is 0 Å². The summed E-state index contributed by atoms with van der Waals surface area (Å²) >= 11 is 0. The summed E-state index contributed by atoms with van der Waals surface area (Å²) < 4.78 is 41.9. The predicted molar refractivity (Wildman–Crippen MR) is 193 cm³/mol. The summed E-state index contributed by atoms with van der Waals surface area (Å²) in [6.07, 6.45) is 32.7. The molecule has 0 rings (SSSR count). The Labute approximate surface area is 279 Å². The molecule has 0 heterocycles. The molecule has 0 aliphatic heterocycles. The minimum absolute atomic E-state index is 1.25. The van der Waals surface area contributed by atoms with Gasteiger partial charge in [0.25, 0.3) is 0 Å². The number of halogens is 4. The normalized spacial score (nSPS) is 11.3. The highest BCUT2D eigenvalue weighted by Crippen LogP contribution is 2.15. The van der Waals surface area contributed by atoms with E-state index in [-0.39, 0.29) is 0 Å². The van der Waals surface area contributed by atoms with Crippen LogP contribution in [-0.2, 0) is 0 Å². The van der Waals surface area contributed by atoms with Crippen molar-refractivity contribution >= 4 is 13.2 Å². The molecular weight excluding hydrogens is 573 g/mol. The highest BCUT2D eigenvalue weighted by atomic mass is 19.5. The van der Waals surface area contributed by atoms with E-state index < -0.39 is 7.25 Å². The van der Waals surface area contributed by atoms with Crippen LogP contribution < -0.4 is 0 Å². The van der Waals surface area contributed by atoms with Crippen molar-refractivity contribution in [3.8, 4) is 0 Å². The maximum Gasteiger partial charge on any atom is 0.673 e. The van der Waals surface area contributed by atoms with Crippen LogP contribution in [0.25, 0.3) is 0 Å². The van der Waals surface area contributed by atoms with Gasteiger partial charge in [0.15, 0.2) is 0 Å². The smallest absolute Gasteiger partial charge is 0.418 e. The highest BCUT2D eigenvalue weighted by Gasteiger charge is 2.29. The fourth-order valence-corrected chi connectivity index (χ4v) is 5.91. The molecular formula is C37H78BF4N3. The monoisotopic (exact) mass is 652 g/mol. The van der Waals surface area contributed by atoms with E-state index in [1.54, 1.807) is 5.96 Å². The summed E-state index contributed by atoms with van der Waals surface area (Å²) in [7, 11) is -6.00. The third-order valence-corrected chi connectivity index (χ3v) is 8.54. The van der Waals surface area contributed by atoms with Gasteiger partial charge in [0.1, 0.15) is 0 Å². The Morgan fingerprint density at radius 3 is 0.822 bits per heavy atom. The van der Waals surface area contributed by atoms with Crippen molar-refractivity contribution in [3.05, 3.63) is 0 Å². The first-order valence-electron chi connectivity index (χ1n) is 19.7. The third-order valence-electron chi connectivity index (χ3n) is 8.54. The first-order chi connectivity index (χ1) is 21.7. The van der Waals surface area contributed by atoms with Crippen molar-refractivity contribution < 1.29 is 21.8 Å². The lowest BCUT2D eigenvalue weighted by molar-refractivity contribution is -0.539. The van der Waals surface area contributed by atoms with Crippen molar-refractivity contribution in [3.63, 3.8) is 0 Å². The second-order valence-electron chi connectivity index (χ2n) is 13.1. The molecule has 0 aromatic rings. The van der Waals surface area contributed by atoms with Crippen LogP contribution in [0.1, 0.15) is 196 Å². The summed E-state index contributed by atoms with van der Waals surface area (Å²) in [4.78, 5) is 5.81. The van der Waals surface area contributed by atoms with E-state index in [0.717, 1.165) is 0 Å². The Hall–Kier alpha value is -0.945. The van der Waals surface area contributed by atoms with E-state index in [4.69, 9.17) is 0 Å². The van der Waals surface area contributed by atoms with E-state index in [1.165, 1.54) is 193 Å². The second-order valence-corrected chi connectivity index (χ2v) is 13.1. The average molecular weight is 652 g/mol. The molecule has 0 aromatic heterocycles. The van der Waals surface area contributed by atoms with Gasteiger partial charge in [0.2, 0.25) is 0 Å². The lowest BCUT2D eigenvalue weighted by atomic mass is 10.1. The van der Waals surface area contributed by atoms with Gasteiger partial charge >= 0.3 is 13.2 Å². The van der Waals surface area contributed by atoms with E-state index in [9.17, 15) is 17.3 Å². The Kier molecular flexibility index (Phi) is 35.3. The largest absolute Gasteiger partial charge is 0.673 e. The molecule has 0 fully saturated rings. The van der Waals surface area contributed by atoms with Crippen molar-refractivity contribution in [1.82, 2.24) is 9.80 Å². The molecule has 0 atom stereocenters. The first-order valence-corrected chi connectivity index (χ1v) is 19.7. The zero-order valence-corrected chi connectivity index (χ0v) is 31.1. The number of unbranched alkanes of at least 4 members (excludes halogenated alkanes) is 18. The number of guanidine groups is 1. The minimum Gasteiger partial charge on any atom is -0.418 e. The number of nitrogens with zero attached hydrogens (tertiary/aromatic N) is 3. The summed E-state index contributed by atoms with van der Waals surface area (Å²) in [5.74, 6) is 1.65. The topological polar surface area (TPSA) is 9.49 Å². The van der Waals surface area contributed by atoms with Crippen LogP contribution in [-0.4, -0.2) is 66.9 Å². The van der Waals surface area contributed by atoms with Crippen LogP contribution in [0, 0.1) is 0 Å². The molecule has 0 unspecified atom stereocenters. The van der Waals surface area contributed by atoms with Crippen molar-refractivity contribution in [1.29, 1.82) is 0 Å². The Balaban J connectivity index is 0. The van der Waals surface area contributed by atoms with E-state index in [2.05, 4.69) is 55.9 Å². The fourth-order valence-electron chi connectivity index (χ4n) is 5.91. The molecule has 3 nitrogen and oxygen atoms in total. The highest BCUT2D eigenvalue weighted by molar-refractivity contribution is 6.50. The molecule has 0 aliphatic carbocycles. The molecule has 0 spiro atoms. The standard InChI is InChI=1S/C37H78N3.BF4/c1-7-13-19-25-31-38(32-26-20-14-8-2)37(39(33-27-21-15-9-3)34-28-22-16-10-4)40(35-29-23-17-11-5)36-30-24-18-12-6;2-1(3,4)5/h7-36H2,1-6H3;/q+1;-1. The van der Waals surface area contributed by atoms with Gasteiger partial charge in [-0.1, -0.05) is 157 Å². The number of rotatable bonds is 30. The molecule has 0 amide bonds. The Bertz CT molecular complexity index is 557. The number of hydrogen-bond acceptors (Lipinski definition) is 0. The van der Waals surface area contributed by atoms with E-state index >= 15 is 0 Å². The average Bonchev–Trinajstić information content (AvgIpc) is 3.00. The van der Waals surface area contributed by atoms with Crippen LogP contribution in [0.2, 0.25) is 0 Å². The summed E-state index contributed by atoms with van der Waals surface area (Å²) in [6, 6.07) is 0. The molecule has 0 saturated heterocycles. The van der Waals surface area contributed by atoms with Gasteiger partial charge in [0, 0.05) is 0 Å². The zero-order valence-electron chi connectivity index (χ0n) is 31.1. The van der Waals surface area contributed by atoms with Gasteiger partial charge in [-0.15, -0.1) is 0 Å². The van der Waals surface area contributed by atoms with Crippen LogP contribution in [0.5, 0.6) is 0 Å². The maximum atomic E-state index is 9.75.